The number of fused-ring (bicyclic) bond motifs is 5. The third-order valence-corrected chi connectivity index (χ3v) is 5.07. The van der Waals surface area contributed by atoms with E-state index in [0.717, 1.165) is 24.2 Å². The van der Waals surface area contributed by atoms with Crippen molar-refractivity contribution in [2.75, 3.05) is 11.9 Å². The van der Waals surface area contributed by atoms with Crippen molar-refractivity contribution in [3.63, 3.8) is 0 Å². The van der Waals surface area contributed by atoms with E-state index in [1.165, 1.54) is 11.3 Å². The largest absolute Gasteiger partial charge is 0.474 e. The smallest absolute Gasteiger partial charge is 0.172 e. The number of hydrogen-bond donors (Lipinski definition) is 0. The van der Waals surface area contributed by atoms with Crippen molar-refractivity contribution in [3.8, 4) is 0 Å². The number of benzene rings is 1. The van der Waals surface area contributed by atoms with Crippen LogP contribution in [0.3, 0.4) is 0 Å². The van der Waals surface area contributed by atoms with Crippen molar-refractivity contribution in [2.24, 2.45) is 5.41 Å². The molecule has 0 N–H and O–H groups in total. The predicted octanol–water partition coefficient (Wildman–Crippen LogP) is 3.61. The maximum Gasteiger partial charge on any atom is 0.172 e. The molecule has 2 aliphatic heterocycles. The summed E-state index contributed by atoms with van der Waals surface area (Å²) in [6.45, 7) is 4.31. The van der Waals surface area contributed by atoms with E-state index >= 15 is 0 Å². The summed E-state index contributed by atoms with van der Waals surface area (Å²) in [6, 6.07) is 8.41. The number of ether oxygens (including phenoxy) is 1. The summed E-state index contributed by atoms with van der Waals surface area (Å²) in [7, 11) is 2.08. The van der Waals surface area contributed by atoms with Gasteiger partial charge in [-0.05, 0) is 17.0 Å². The molecule has 2 heterocycles. The van der Waals surface area contributed by atoms with Gasteiger partial charge in [0.2, 0.25) is 0 Å². The molecule has 1 aromatic rings. The third-order valence-electron chi connectivity index (χ3n) is 5.07. The minimum atomic E-state index is 0.0135. The van der Waals surface area contributed by atoms with Gasteiger partial charge in [0.15, 0.2) is 12.0 Å². The van der Waals surface area contributed by atoms with Crippen LogP contribution in [0.5, 0.6) is 0 Å². The molecule has 3 heteroatoms. The second-order valence-corrected chi connectivity index (χ2v) is 7.31. The molecule has 0 saturated carbocycles. The number of carbonyl (C=O) groups excluding carboxylic acids is 1. The van der Waals surface area contributed by atoms with Crippen molar-refractivity contribution < 1.29 is 9.53 Å². The van der Waals surface area contributed by atoms with Crippen LogP contribution in [-0.4, -0.2) is 19.1 Å². The molecule has 2 bridgehead atoms. The van der Waals surface area contributed by atoms with Crippen molar-refractivity contribution in [1.29, 1.82) is 0 Å². The Kier molecular flexibility index (Phi) is 2.54. The van der Waals surface area contributed by atoms with Crippen molar-refractivity contribution in [2.45, 2.75) is 45.3 Å². The summed E-state index contributed by atoms with van der Waals surface area (Å²) in [6.07, 6.45) is 2.45. The molecular formula is C18H21NO2. The fraction of sp³-hybridized carbons (Fsp3) is 0.500. The summed E-state index contributed by atoms with van der Waals surface area (Å²) in [4.78, 5) is 14.9. The molecule has 0 spiro atoms. The van der Waals surface area contributed by atoms with Crippen LogP contribution in [0, 0.1) is 5.41 Å². The first-order valence-corrected chi connectivity index (χ1v) is 7.71. The Morgan fingerprint density at radius 1 is 1.24 bits per heavy atom. The van der Waals surface area contributed by atoms with E-state index in [1.807, 2.05) is 0 Å². The SMILES string of the molecule is CN1c2ccccc2C2CC1OC1=C2C(=O)CC(C)(C)C1. The van der Waals surface area contributed by atoms with Crippen LogP contribution in [0.15, 0.2) is 35.6 Å². The van der Waals surface area contributed by atoms with Gasteiger partial charge in [0.1, 0.15) is 5.76 Å². The Morgan fingerprint density at radius 2 is 2.00 bits per heavy atom. The number of para-hydroxylation sites is 1. The number of hydrogen-bond acceptors (Lipinski definition) is 3. The van der Waals surface area contributed by atoms with Crippen LogP contribution < -0.4 is 4.90 Å². The van der Waals surface area contributed by atoms with Gasteiger partial charge in [-0.15, -0.1) is 0 Å². The van der Waals surface area contributed by atoms with E-state index in [2.05, 4.69) is 50.1 Å². The van der Waals surface area contributed by atoms with Gasteiger partial charge < -0.3 is 9.64 Å². The standard InChI is InChI=1S/C18H21NO2/c1-18(2)9-14(20)17-12-8-16(21-15(17)10-18)19(3)13-7-5-4-6-11(12)13/h4-7,12,16H,8-10H2,1-3H3. The minimum Gasteiger partial charge on any atom is -0.474 e. The van der Waals surface area contributed by atoms with Crippen molar-refractivity contribution >= 4 is 11.5 Å². The van der Waals surface area contributed by atoms with Gasteiger partial charge in [0, 0.05) is 43.5 Å². The van der Waals surface area contributed by atoms with Crippen LogP contribution in [-0.2, 0) is 9.53 Å². The average Bonchev–Trinajstić information content (AvgIpc) is 2.42. The summed E-state index contributed by atoms with van der Waals surface area (Å²) in [5.41, 5.74) is 3.44. The Bertz CT molecular complexity index is 659. The lowest BCUT2D eigenvalue weighted by Crippen LogP contribution is -2.45. The first-order chi connectivity index (χ1) is 9.96. The molecule has 0 saturated heterocycles. The highest BCUT2D eigenvalue weighted by atomic mass is 16.5. The van der Waals surface area contributed by atoms with Crippen LogP contribution in [0.4, 0.5) is 5.69 Å². The van der Waals surface area contributed by atoms with E-state index in [-0.39, 0.29) is 23.3 Å². The molecule has 0 amide bonds. The van der Waals surface area contributed by atoms with Gasteiger partial charge in [0.05, 0.1) is 0 Å². The first-order valence-electron chi connectivity index (χ1n) is 7.71. The van der Waals surface area contributed by atoms with Gasteiger partial charge in [-0.1, -0.05) is 32.0 Å². The lowest BCUT2D eigenvalue weighted by Gasteiger charge is -2.47. The molecule has 0 radical (unpaired) electrons. The number of allylic oxidation sites excluding steroid dienone is 2. The monoisotopic (exact) mass is 283 g/mol. The van der Waals surface area contributed by atoms with E-state index in [4.69, 9.17) is 4.74 Å². The Hall–Kier alpha value is -1.77. The molecule has 4 rings (SSSR count). The zero-order valence-corrected chi connectivity index (χ0v) is 12.8. The second kappa shape index (κ2) is 4.12. The van der Waals surface area contributed by atoms with Gasteiger partial charge in [-0.3, -0.25) is 4.79 Å². The Morgan fingerprint density at radius 3 is 2.81 bits per heavy atom. The molecule has 2 unspecified atom stereocenters. The van der Waals surface area contributed by atoms with E-state index in [0.29, 0.717) is 6.42 Å². The van der Waals surface area contributed by atoms with Crippen LogP contribution in [0.2, 0.25) is 0 Å². The van der Waals surface area contributed by atoms with E-state index < -0.39 is 0 Å². The molecule has 2 atom stereocenters. The number of carbonyl (C=O) groups is 1. The number of Topliss-reactive ketones (excluding diaryl/α,β-unsaturated/α-hetero) is 1. The normalized spacial score (nSPS) is 29.7. The van der Waals surface area contributed by atoms with Crippen molar-refractivity contribution in [3.05, 3.63) is 41.2 Å². The molecule has 1 aromatic carbocycles. The van der Waals surface area contributed by atoms with Crippen LogP contribution in [0.1, 0.15) is 44.6 Å². The van der Waals surface area contributed by atoms with Crippen molar-refractivity contribution in [1.82, 2.24) is 0 Å². The zero-order chi connectivity index (χ0) is 14.8. The summed E-state index contributed by atoms with van der Waals surface area (Å²) in [5, 5.41) is 0. The Balaban J connectivity index is 1.88. The number of anilines is 1. The number of ketones is 1. The molecule has 3 nitrogen and oxygen atoms in total. The fourth-order valence-corrected chi connectivity index (χ4v) is 4.08. The molecule has 0 aromatic heterocycles. The third kappa shape index (κ3) is 1.83. The summed E-state index contributed by atoms with van der Waals surface area (Å²) < 4.78 is 6.22. The van der Waals surface area contributed by atoms with Crippen LogP contribution >= 0.6 is 0 Å². The number of rotatable bonds is 0. The van der Waals surface area contributed by atoms with Crippen LogP contribution in [0.25, 0.3) is 0 Å². The highest BCUT2D eigenvalue weighted by Gasteiger charge is 2.46. The fourth-order valence-electron chi connectivity index (χ4n) is 4.08. The average molecular weight is 283 g/mol. The Labute approximate surface area is 125 Å². The maximum absolute atomic E-state index is 12.7. The minimum absolute atomic E-state index is 0.0135. The van der Waals surface area contributed by atoms with E-state index in [1.54, 1.807) is 0 Å². The van der Waals surface area contributed by atoms with Gasteiger partial charge >= 0.3 is 0 Å². The van der Waals surface area contributed by atoms with Gasteiger partial charge in [-0.2, -0.15) is 0 Å². The van der Waals surface area contributed by atoms with E-state index in [9.17, 15) is 4.79 Å². The van der Waals surface area contributed by atoms with Gasteiger partial charge in [0.25, 0.3) is 0 Å². The lowest BCUT2D eigenvalue weighted by atomic mass is 9.69. The topological polar surface area (TPSA) is 29.5 Å². The molecule has 0 fully saturated rings. The van der Waals surface area contributed by atoms with Gasteiger partial charge in [-0.25, -0.2) is 0 Å². The summed E-state index contributed by atoms with van der Waals surface area (Å²) >= 11 is 0. The molecular weight excluding hydrogens is 262 g/mol. The first kappa shape index (κ1) is 12.9. The summed E-state index contributed by atoms with van der Waals surface area (Å²) in [5.74, 6) is 1.44. The quantitative estimate of drug-likeness (QED) is 0.728. The highest BCUT2D eigenvalue weighted by molar-refractivity contribution is 5.99. The zero-order valence-electron chi connectivity index (χ0n) is 12.8. The predicted molar refractivity (Wildman–Crippen MR) is 82.1 cm³/mol. The molecule has 3 aliphatic rings. The highest BCUT2D eigenvalue weighted by Crippen LogP contribution is 2.51. The molecule has 1 aliphatic carbocycles. The second-order valence-electron chi connectivity index (χ2n) is 7.31. The molecule has 110 valence electrons. The lowest BCUT2D eigenvalue weighted by molar-refractivity contribution is -0.120. The molecule has 21 heavy (non-hydrogen) atoms. The number of nitrogens with zero attached hydrogens (tertiary/aromatic N) is 1. The maximum atomic E-state index is 12.7.